The average Bonchev–Trinajstić information content (AvgIpc) is 3.00. The van der Waals surface area contributed by atoms with Gasteiger partial charge >= 0.3 is 12.1 Å². The number of ether oxygens (including phenoxy) is 1. The summed E-state index contributed by atoms with van der Waals surface area (Å²) in [5.74, 6) is -1.58. The van der Waals surface area contributed by atoms with Crippen molar-refractivity contribution in [1.29, 1.82) is 0 Å². The molecular weight excluding hydrogens is 239 g/mol. The van der Waals surface area contributed by atoms with Crippen molar-refractivity contribution >= 4 is 5.97 Å². The summed E-state index contributed by atoms with van der Waals surface area (Å²) in [5, 5.41) is 8.81. The van der Waals surface area contributed by atoms with E-state index in [9.17, 15) is 18.0 Å². The van der Waals surface area contributed by atoms with E-state index in [1.165, 1.54) is 0 Å². The second-order valence-corrected chi connectivity index (χ2v) is 3.69. The first kappa shape index (κ1) is 11.7. The summed E-state index contributed by atoms with van der Waals surface area (Å²) < 4.78 is 42.2. The summed E-state index contributed by atoms with van der Waals surface area (Å²) in [6, 6.07) is 0.486. The molecule has 1 fully saturated rings. The Morgan fingerprint density at radius 1 is 1.47 bits per heavy atom. The van der Waals surface area contributed by atoms with Crippen LogP contribution in [0.2, 0.25) is 0 Å². The van der Waals surface area contributed by atoms with Crippen LogP contribution >= 0.6 is 0 Å². The number of pyridine rings is 1. The van der Waals surface area contributed by atoms with E-state index in [-0.39, 0.29) is 11.9 Å². The third kappa shape index (κ3) is 2.66. The van der Waals surface area contributed by atoms with Gasteiger partial charge in [-0.1, -0.05) is 0 Å². The quantitative estimate of drug-likeness (QED) is 0.890. The van der Waals surface area contributed by atoms with Crippen molar-refractivity contribution in [3.63, 3.8) is 0 Å². The van der Waals surface area contributed by atoms with Gasteiger partial charge in [-0.2, -0.15) is 13.2 Å². The fraction of sp³-hybridized carbons (Fsp3) is 0.400. The summed E-state index contributed by atoms with van der Waals surface area (Å²) in [4.78, 5) is 14.0. The first-order valence-corrected chi connectivity index (χ1v) is 4.85. The maximum absolute atomic E-state index is 12.3. The van der Waals surface area contributed by atoms with Crippen LogP contribution in [0.15, 0.2) is 12.3 Å². The molecule has 1 aliphatic rings. The molecule has 0 unspecified atom stereocenters. The number of aromatic nitrogens is 1. The second kappa shape index (κ2) is 3.90. The standard InChI is InChI=1S/C10H8F3NO3/c11-10(12,13)8-3-6(9(15)16)7(4-14-8)17-5-1-2-5/h3-5H,1-2H2,(H,15,16). The molecule has 1 aliphatic carbocycles. The molecule has 92 valence electrons. The molecule has 1 N–H and O–H groups in total. The third-order valence-corrected chi connectivity index (χ3v) is 2.21. The molecule has 1 aromatic rings. The molecule has 1 saturated carbocycles. The van der Waals surface area contributed by atoms with Gasteiger partial charge in [0.15, 0.2) is 5.75 Å². The van der Waals surface area contributed by atoms with E-state index in [0.717, 1.165) is 19.0 Å². The molecule has 0 aromatic carbocycles. The predicted molar refractivity (Wildman–Crippen MR) is 49.8 cm³/mol. The predicted octanol–water partition coefficient (Wildman–Crippen LogP) is 2.34. The minimum absolute atomic E-state index is 0.105. The largest absolute Gasteiger partial charge is 0.488 e. The van der Waals surface area contributed by atoms with Crippen molar-refractivity contribution in [3.05, 3.63) is 23.5 Å². The highest BCUT2D eigenvalue weighted by atomic mass is 19.4. The van der Waals surface area contributed by atoms with E-state index in [0.29, 0.717) is 6.07 Å². The van der Waals surface area contributed by atoms with Crippen LogP contribution in [0.4, 0.5) is 13.2 Å². The molecule has 1 aromatic heterocycles. The molecule has 0 bridgehead atoms. The van der Waals surface area contributed by atoms with E-state index in [4.69, 9.17) is 9.84 Å². The van der Waals surface area contributed by atoms with Crippen molar-refractivity contribution in [3.8, 4) is 5.75 Å². The van der Waals surface area contributed by atoms with Crippen molar-refractivity contribution in [2.45, 2.75) is 25.1 Å². The van der Waals surface area contributed by atoms with E-state index >= 15 is 0 Å². The number of carboxylic acids is 1. The zero-order valence-corrected chi connectivity index (χ0v) is 8.49. The summed E-state index contributed by atoms with van der Waals surface area (Å²) >= 11 is 0. The van der Waals surface area contributed by atoms with Crippen molar-refractivity contribution in [2.24, 2.45) is 0 Å². The molecule has 17 heavy (non-hydrogen) atoms. The topological polar surface area (TPSA) is 59.4 Å². The van der Waals surface area contributed by atoms with Crippen LogP contribution in [0.1, 0.15) is 28.9 Å². The maximum atomic E-state index is 12.3. The Morgan fingerprint density at radius 2 is 2.12 bits per heavy atom. The van der Waals surface area contributed by atoms with Crippen LogP contribution < -0.4 is 4.74 Å². The molecule has 0 saturated heterocycles. The van der Waals surface area contributed by atoms with Crippen LogP contribution in [0, 0.1) is 0 Å². The summed E-state index contributed by atoms with van der Waals surface area (Å²) in [5.41, 5.74) is -1.75. The third-order valence-electron chi connectivity index (χ3n) is 2.21. The van der Waals surface area contributed by atoms with Gasteiger partial charge in [0.05, 0.1) is 12.3 Å². The maximum Gasteiger partial charge on any atom is 0.433 e. The molecule has 0 radical (unpaired) electrons. The van der Waals surface area contributed by atoms with Crippen LogP contribution in [-0.4, -0.2) is 22.2 Å². The molecule has 2 rings (SSSR count). The summed E-state index contributed by atoms with van der Waals surface area (Å²) in [7, 11) is 0. The van der Waals surface area contributed by atoms with Crippen LogP contribution in [0.3, 0.4) is 0 Å². The molecule has 0 spiro atoms. The highest BCUT2D eigenvalue weighted by Gasteiger charge is 2.34. The lowest BCUT2D eigenvalue weighted by atomic mass is 10.2. The van der Waals surface area contributed by atoms with Crippen molar-refractivity contribution in [2.75, 3.05) is 0 Å². The lowest BCUT2D eigenvalue weighted by molar-refractivity contribution is -0.141. The monoisotopic (exact) mass is 247 g/mol. The Morgan fingerprint density at radius 3 is 2.59 bits per heavy atom. The van der Waals surface area contributed by atoms with E-state index in [2.05, 4.69) is 4.98 Å². The molecule has 4 nitrogen and oxygen atoms in total. The average molecular weight is 247 g/mol. The van der Waals surface area contributed by atoms with Gasteiger partial charge < -0.3 is 9.84 Å². The van der Waals surface area contributed by atoms with Gasteiger partial charge in [-0.3, -0.25) is 0 Å². The molecule has 0 amide bonds. The van der Waals surface area contributed by atoms with Gasteiger partial charge in [0.2, 0.25) is 0 Å². The molecule has 0 atom stereocenters. The highest BCUT2D eigenvalue weighted by molar-refractivity contribution is 5.90. The van der Waals surface area contributed by atoms with Gasteiger partial charge in [-0.25, -0.2) is 9.78 Å². The van der Waals surface area contributed by atoms with Crippen molar-refractivity contribution < 1.29 is 27.8 Å². The Labute approximate surface area is 94.0 Å². The Bertz CT molecular complexity index is 455. The van der Waals surface area contributed by atoms with E-state index in [1.807, 2.05) is 0 Å². The van der Waals surface area contributed by atoms with Gasteiger partial charge in [0.1, 0.15) is 11.3 Å². The highest BCUT2D eigenvalue weighted by Crippen LogP contribution is 2.33. The normalized spacial score (nSPS) is 15.7. The summed E-state index contributed by atoms with van der Waals surface area (Å²) in [6.07, 6.45) is -2.40. The minimum Gasteiger partial charge on any atom is -0.488 e. The molecule has 1 heterocycles. The van der Waals surface area contributed by atoms with Gasteiger partial charge in [0.25, 0.3) is 0 Å². The van der Waals surface area contributed by atoms with E-state index < -0.39 is 23.4 Å². The van der Waals surface area contributed by atoms with Crippen LogP contribution in [0.25, 0.3) is 0 Å². The number of halogens is 3. The number of nitrogens with zero attached hydrogens (tertiary/aromatic N) is 1. The number of carbonyl (C=O) groups is 1. The van der Waals surface area contributed by atoms with Crippen LogP contribution in [-0.2, 0) is 6.18 Å². The van der Waals surface area contributed by atoms with Crippen LogP contribution in [0.5, 0.6) is 5.75 Å². The number of alkyl halides is 3. The van der Waals surface area contributed by atoms with Gasteiger partial charge in [0, 0.05) is 0 Å². The zero-order valence-electron chi connectivity index (χ0n) is 8.49. The van der Waals surface area contributed by atoms with Crippen molar-refractivity contribution in [1.82, 2.24) is 4.98 Å². The lowest BCUT2D eigenvalue weighted by Gasteiger charge is -2.10. The Balaban J connectivity index is 2.36. The van der Waals surface area contributed by atoms with E-state index in [1.54, 1.807) is 0 Å². The lowest BCUT2D eigenvalue weighted by Crippen LogP contribution is -2.12. The van der Waals surface area contributed by atoms with Gasteiger partial charge in [-0.05, 0) is 18.9 Å². The number of hydrogen-bond acceptors (Lipinski definition) is 3. The fourth-order valence-corrected chi connectivity index (χ4v) is 1.22. The first-order valence-electron chi connectivity index (χ1n) is 4.85. The number of rotatable bonds is 3. The Kier molecular flexibility index (Phi) is 2.68. The smallest absolute Gasteiger partial charge is 0.433 e. The SMILES string of the molecule is O=C(O)c1cc(C(F)(F)F)ncc1OC1CC1. The fourth-order valence-electron chi connectivity index (χ4n) is 1.22. The molecule has 7 heteroatoms. The molecular formula is C10H8F3NO3. The number of hydrogen-bond donors (Lipinski definition) is 1. The number of aromatic carboxylic acids is 1. The molecule has 0 aliphatic heterocycles. The zero-order chi connectivity index (χ0) is 12.6. The van der Waals surface area contributed by atoms with Gasteiger partial charge in [-0.15, -0.1) is 0 Å². The summed E-state index contributed by atoms with van der Waals surface area (Å²) in [6.45, 7) is 0. The minimum atomic E-state index is -4.66. The number of carboxylic acid groups (broad SMARTS) is 1. The second-order valence-electron chi connectivity index (χ2n) is 3.69. The Hall–Kier alpha value is -1.79. The first-order chi connectivity index (χ1) is 7.88.